The van der Waals surface area contributed by atoms with Crippen molar-refractivity contribution >= 4 is 11.6 Å². The average Bonchev–Trinajstić information content (AvgIpc) is 2.58. The number of nitrogens with zero attached hydrogens (tertiary/aromatic N) is 2. The van der Waals surface area contributed by atoms with Crippen molar-refractivity contribution in [2.45, 2.75) is 12.6 Å². The van der Waals surface area contributed by atoms with Crippen molar-refractivity contribution in [2.24, 2.45) is 5.10 Å². The standard InChI is InChI=1S/C16H18F3N3O3/c1-11(22-6-8-25-9-7-22)10-14(16(17,18)19)20-21-15(24)12-4-2-3-5-13(12)23/h2-5,23H,1,6-10H2,(H,21,24)/b20-14-. The largest absolute Gasteiger partial charge is 0.507 e. The van der Waals surface area contributed by atoms with Gasteiger partial charge in [-0.25, -0.2) is 5.43 Å². The van der Waals surface area contributed by atoms with Gasteiger partial charge in [-0.05, 0) is 12.1 Å². The maximum absolute atomic E-state index is 13.2. The number of carbonyl (C=O) groups excluding carboxylic acids is 1. The predicted octanol–water partition coefficient (Wildman–Crippen LogP) is 2.28. The fourth-order valence-electron chi connectivity index (χ4n) is 2.23. The summed E-state index contributed by atoms with van der Waals surface area (Å²) in [6.07, 6.45) is -5.27. The number of benzene rings is 1. The second kappa shape index (κ2) is 8.02. The highest BCUT2D eigenvalue weighted by Crippen LogP contribution is 2.23. The highest BCUT2D eigenvalue weighted by Gasteiger charge is 2.37. The van der Waals surface area contributed by atoms with Crippen molar-refractivity contribution < 1.29 is 27.8 Å². The monoisotopic (exact) mass is 357 g/mol. The van der Waals surface area contributed by atoms with Crippen LogP contribution in [-0.4, -0.2) is 54.1 Å². The van der Waals surface area contributed by atoms with Gasteiger partial charge in [-0.1, -0.05) is 18.7 Å². The zero-order valence-electron chi connectivity index (χ0n) is 13.3. The molecule has 1 heterocycles. The Morgan fingerprint density at radius 3 is 2.56 bits per heavy atom. The van der Waals surface area contributed by atoms with Crippen molar-refractivity contribution in [3.63, 3.8) is 0 Å². The second-order valence-electron chi connectivity index (χ2n) is 5.36. The number of carbonyl (C=O) groups is 1. The van der Waals surface area contributed by atoms with Crippen LogP contribution in [0.15, 0.2) is 41.6 Å². The van der Waals surface area contributed by atoms with E-state index in [2.05, 4.69) is 11.7 Å². The number of allylic oxidation sites excluding steroid dienone is 1. The molecule has 1 aromatic carbocycles. The van der Waals surface area contributed by atoms with Crippen LogP contribution in [0.2, 0.25) is 0 Å². The molecule has 1 aliphatic rings. The van der Waals surface area contributed by atoms with E-state index >= 15 is 0 Å². The van der Waals surface area contributed by atoms with Crippen molar-refractivity contribution in [1.29, 1.82) is 0 Å². The third-order valence-corrected chi connectivity index (χ3v) is 3.60. The zero-order valence-corrected chi connectivity index (χ0v) is 13.3. The third kappa shape index (κ3) is 5.21. The Morgan fingerprint density at radius 1 is 1.32 bits per heavy atom. The molecule has 0 radical (unpaired) electrons. The SMILES string of the molecule is C=C(C/C(=N/NC(=O)c1ccccc1O)C(F)(F)F)N1CCOCC1. The summed E-state index contributed by atoms with van der Waals surface area (Å²) in [7, 11) is 0. The molecule has 0 spiro atoms. The van der Waals surface area contributed by atoms with E-state index in [9.17, 15) is 23.1 Å². The second-order valence-corrected chi connectivity index (χ2v) is 5.36. The third-order valence-electron chi connectivity index (χ3n) is 3.60. The number of phenols is 1. The smallest absolute Gasteiger partial charge is 0.431 e. The molecule has 1 aliphatic heterocycles. The molecular formula is C16H18F3N3O3. The minimum Gasteiger partial charge on any atom is -0.507 e. The number of halogens is 3. The normalized spacial score (nSPS) is 15.8. The maximum Gasteiger partial charge on any atom is 0.431 e. The fraction of sp³-hybridized carbons (Fsp3) is 0.375. The molecule has 1 aromatic rings. The number of hydrogen-bond acceptors (Lipinski definition) is 5. The van der Waals surface area contributed by atoms with E-state index in [1.807, 2.05) is 5.43 Å². The van der Waals surface area contributed by atoms with Crippen LogP contribution in [0.1, 0.15) is 16.8 Å². The van der Waals surface area contributed by atoms with Gasteiger partial charge in [-0.3, -0.25) is 4.79 Å². The molecule has 136 valence electrons. The summed E-state index contributed by atoms with van der Waals surface area (Å²) >= 11 is 0. The van der Waals surface area contributed by atoms with Gasteiger partial charge in [0, 0.05) is 25.2 Å². The van der Waals surface area contributed by atoms with E-state index in [4.69, 9.17) is 4.74 Å². The Kier molecular flexibility index (Phi) is 6.02. The zero-order chi connectivity index (χ0) is 18.4. The molecule has 0 aliphatic carbocycles. The van der Waals surface area contributed by atoms with Crippen LogP contribution >= 0.6 is 0 Å². The Labute approximate surface area is 142 Å². The van der Waals surface area contributed by atoms with Gasteiger partial charge in [0.05, 0.1) is 18.8 Å². The van der Waals surface area contributed by atoms with Crippen LogP contribution in [0.5, 0.6) is 5.75 Å². The van der Waals surface area contributed by atoms with Crippen LogP contribution in [0, 0.1) is 0 Å². The predicted molar refractivity (Wildman–Crippen MR) is 85.2 cm³/mol. The van der Waals surface area contributed by atoms with E-state index in [1.54, 1.807) is 4.90 Å². The summed E-state index contributed by atoms with van der Waals surface area (Å²) in [5.41, 5.74) is 0.746. The summed E-state index contributed by atoms with van der Waals surface area (Å²) in [6, 6.07) is 5.50. The summed E-state index contributed by atoms with van der Waals surface area (Å²) in [4.78, 5) is 13.6. The lowest BCUT2D eigenvalue weighted by atomic mass is 10.2. The van der Waals surface area contributed by atoms with Crippen molar-refractivity contribution in [1.82, 2.24) is 10.3 Å². The first kappa shape index (κ1) is 18.8. The van der Waals surface area contributed by atoms with Crippen LogP contribution in [-0.2, 0) is 4.74 Å². The number of para-hydroxylation sites is 1. The average molecular weight is 357 g/mol. The molecule has 2 rings (SSSR count). The van der Waals surface area contributed by atoms with Gasteiger partial charge < -0.3 is 14.7 Å². The molecule has 0 saturated carbocycles. The molecule has 0 atom stereocenters. The van der Waals surface area contributed by atoms with Gasteiger partial charge in [-0.15, -0.1) is 0 Å². The quantitative estimate of drug-likeness (QED) is 0.626. The van der Waals surface area contributed by atoms with Crippen LogP contribution in [0.3, 0.4) is 0 Å². The Balaban J connectivity index is 2.09. The van der Waals surface area contributed by atoms with Gasteiger partial charge >= 0.3 is 6.18 Å². The molecule has 2 N–H and O–H groups in total. The van der Waals surface area contributed by atoms with E-state index in [0.29, 0.717) is 26.3 Å². The summed E-state index contributed by atoms with van der Waals surface area (Å²) in [5, 5.41) is 12.8. The number of hydrazone groups is 1. The molecule has 1 amide bonds. The maximum atomic E-state index is 13.2. The van der Waals surface area contributed by atoms with E-state index in [1.165, 1.54) is 24.3 Å². The summed E-state index contributed by atoms with van der Waals surface area (Å²) < 4.78 is 44.6. The number of phenolic OH excluding ortho intramolecular Hbond substituents is 1. The lowest BCUT2D eigenvalue weighted by Gasteiger charge is -2.30. The van der Waals surface area contributed by atoms with Crippen molar-refractivity contribution in [3.05, 3.63) is 42.1 Å². The first-order valence-electron chi connectivity index (χ1n) is 7.51. The number of morpholine rings is 1. The fourth-order valence-corrected chi connectivity index (χ4v) is 2.23. The first-order chi connectivity index (χ1) is 11.8. The van der Waals surface area contributed by atoms with Gasteiger partial charge in [-0.2, -0.15) is 18.3 Å². The first-order valence-corrected chi connectivity index (χ1v) is 7.51. The van der Waals surface area contributed by atoms with E-state index < -0.39 is 24.2 Å². The van der Waals surface area contributed by atoms with Crippen LogP contribution < -0.4 is 5.43 Å². The topological polar surface area (TPSA) is 74.2 Å². The lowest BCUT2D eigenvalue weighted by Crippen LogP contribution is -2.37. The number of alkyl halides is 3. The molecule has 1 saturated heterocycles. The van der Waals surface area contributed by atoms with Crippen molar-refractivity contribution in [3.8, 4) is 5.75 Å². The van der Waals surface area contributed by atoms with Crippen molar-refractivity contribution in [2.75, 3.05) is 26.3 Å². The van der Waals surface area contributed by atoms with Gasteiger partial charge in [0.25, 0.3) is 5.91 Å². The highest BCUT2D eigenvalue weighted by molar-refractivity contribution is 5.98. The minimum atomic E-state index is -4.72. The molecule has 0 aromatic heterocycles. The number of hydrogen-bond donors (Lipinski definition) is 2. The number of aromatic hydroxyl groups is 1. The molecule has 1 fully saturated rings. The van der Waals surface area contributed by atoms with Gasteiger partial charge in [0.15, 0.2) is 0 Å². The molecule has 25 heavy (non-hydrogen) atoms. The number of nitrogens with one attached hydrogen (secondary N) is 1. The molecular weight excluding hydrogens is 339 g/mol. The highest BCUT2D eigenvalue weighted by atomic mass is 19.4. The number of ether oxygens (including phenoxy) is 1. The van der Waals surface area contributed by atoms with Crippen LogP contribution in [0.25, 0.3) is 0 Å². The minimum absolute atomic E-state index is 0.167. The summed E-state index contributed by atoms with van der Waals surface area (Å²) in [6.45, 7) is 5.41. The molecule has 6 nitrogen and oxygen atoms in total. The number of amides is 1. The summed E-state index contributed by atoms with van der Waals surface area (Å²) in [5.74, 6) is -1.28. The Bertz CT molecular complexity index is 668. The van der Waals surface area contributed by atoms with Crippen LogP contribution in [0.4, 0.5) is 13.2 Å². The van der Waals surface area contributed by atoms with E-state index in [0.717, 1.165) is 0 Å². The van der Waals surface area contributed by atoms with Gasteiger partial charge in [0.2, 0.25) is 0 Å². The molecule has 0 bridgehead atoms. The lowest BCUT2D eigenvalue weighted by molar-refractivity contribution is -0.0608. The molecule has 0 unspecified atom stereocenters. The van der Waals surface area contributed by atoms with Gasteiger partial charge in [0.1, 0.15) is 11.5 Å². The van der Waals surface area contributed by atoms with E-state index in [-0.39, 0.29) is 17.0 Å². The Hall–Kier alpha value is -2.55. The number of rotatable bonds is 5. The molecule has 9 heteroatoms. The Morgan fingerprint density at radius 2 is 1.96 bits per heavy atom.